The summed E-state index contributed by atoms with van der Waals surface area (Å²) in [6.45, 7) is 0. The summed E-state index contributed by atoms with van der Waals surface area (Å²) in [7, 11) is 0. The Kier molecular flexibility index (Phi) is 2.36. The number of hydrogen-bond donors (Lipinski definition) is 0. The van der Waals surface area contributed by atoms with E-state index in [-0.39, 0.29) is 5.38 Å². The fraction of sp³-hybridized carbons (Fsp3) is 0.857. The Morgan fingerprint density at radius 2 is 2.33 bits per heavy atom. The van der Waals surface area contributed by atoms with Gasteiger partial charge in [-0.1, -0.05) is 0 Å². The fourth-order valence-corrected chi connectivity index (χ4v) is 1.26. The average molecular weight is 144 g/mol. The van der Waals surface area contributed by atoms with E-state index < -0.39 is 0 Å². The number of nitrogens with zero attached hydrogens (tertiary/aromatic N) is 1. The molecule has 0 bridgehead atoms. The largest absolute Gasteiger partial charge is 0.198 e. The van der Waals surface area contributed by atoms with Gasteiger partial charge >= 0.3 is 0 Å². The van der Waals surface area contributed by atoms with E-state index in [2.05, 4.69) is 6.07 Å². The maximum Gasteiger partial charge on any atom is 0.0622 e. The third kappa shape index (κ3) is 2.24. The molecule has 0 heterocycles. The molecule has 2 heteroatoms. The van der Waals surface area contributed by atoms with Gasteiger partial charge < -0.3 is 0 Å². The van der Waals surface area contributed by atoms with Gasteiger partial charge in [-0.05, 0) is 25.2 Å². The molecule has 0 spiro atoms. The number of hydrogen-bond acceptors (Lipinski definition) is 1. The molecular weight excluding hydrogens is 134 g/mol. The number of alkyl halides is 1. The van der Waals surface area contributed by atoms with Gasteiger partial charge in [0, 0.05) is 11.8 Å². The molecule has 1 fully saturated rings. The highest BCUT2D eigenvalue weighted by Crippen LogP contribution is 2.37. The maximum absolute atomic E-state index is 8.21. The summed E-state index contributed by atoms with van der Waals surface area (Å²) in [4.78, 5) is 0. The lowest BCUT2D eigenvalue weighted by atomic mass is 10.2. The Balaban J connectivity index is 2.04. The molecule has 9 heavy (non-hydrogen) atoms. The fourth-order valence-electron chi connectivity index (χ4n) is 0.896. The molecule has 0 radical (unpaired) electrons. The Morgan fingerprint density at radius 1 is 1.67 bits per heavy atom. The summed E-state index contributed by atoms with van der Waals surface area (Å²) in [5, 5.41) is 8.49. The van der Waals surface area contributed by atoms with E-state index in [1.165, 1.54) is 12.8 Å². The van der Waals surface area contributed by atoms with Crippen LogP contribution in [0.2, 0.25) is 0 Å². The zero-order valence-electron chi connectivity index (χ0n) is 5.31. The van der Waals surface area contributed by atoms with Gasteiger partial charge in [-0.25, -0.2) is 0 Å². The minimum atomic E-state index is 0.282. The van der Waals surface area contributed by atoms with Crippen LogP contribution in [-0.4, -0.2) is 5.38 Å². The van der Waals surface area contributed by atoms with Gasteiger partial charge in [0.15, 0.2) is 0 Å². The highest BCUT2D eigenvalue weighted by Gasteiger charge is 2.28. The lowest BCUT2D eigenvalue weighted by Gasteiger charge is -2.01. The van der Waals surface area contributed by atoms with Crippen molar-refractivity contribution < 1.29 is 0 Å². The van der Waals surface area contributed by atoms with E-state index in [1.54, 1.807) is 0 Å². The molecule has 0 amide bonds. The third-order valence-electron chi connectivity index (χ3n) is 1.67. The van der Waals surface area contributed by atoms with Gasteiger partial charge in [0.25, 0.3) is 0 Å². The van der Waals surface area contributed by atoms with Crippen molar-refractivity contribution in [2.24, 2.45) is 5.92 Å². The lowest BCUT2D eigenvalue weighted by Crippen LogP contribution is -1.99. The molecule has 1 aliphatic carbocycles. The number of rotatable bonds is 3. The van der Waals surface area contributed by atoms with Crippen molar-refractivity contribution in [3.05, 3.63) is 0 Å². The Labute approximate surface area is 60.6 Å². The second-order valence-electron chi connectivity index (χ2n) is 2.55. The molecule has 50 valence electrons. The monoisotopic (exact) mass is 143 g/mol. The quantitative estimate of drug-likeness (QED) is 0.557. The van der Waals surface area contributed by atoms with Gasteiger partial charge in [0.05, 0.1) is 6.07 Å². The van der Waals surface area contributed by atoms with Crippen LogP contribution in [0.4, 0.5) is 0 Å². The Hall–Kier alpha value is -0.220. The van der Waals surface area contributed by atoms with E-state index in [9.17, 15) is 0 Å². The smallest absolute Gasteiger partial charge is 0.0622 e. The SMILES string of the molecule is N#CCCC(Cl)C1CC1. The molecule has 0 saturated heterocycles. The highest BCUT2D eigenvalue weighted by molar-refractivity contribution is 6.20. The van der Waals surface area contributed by atoms with E-state index in [4.69, 9.17) is 16.9 Å². The normalized spacial score (nSPS) is 20.9. The second kappa shape index (κ2) is 3.08. The summed E-state index contributed by atoms with van der Waals surface area (Å²) >= 11 is 5.91. The summed E-state index contributed by atoms with van der Waals surface area (Å²) in [5.74, 6) is 0.736. The van der Waals surface area contributed by atoms with E-state index in [0.717, 1.165) is 12.3 Å². The number of halogens is 1. The second-order valence-corrected chi connectivity index (χ2v) is 3.11. The molecule has 0 aromatic carbocycles. The standard InChI is InChI=1S/C7H10ClN/c8-7(2-1-5-9)6-3-4-6/h6-7H,1-4H2. The van der Waals surface area contributed by atoms with Crippen molar-refractivity contribution in [3.63, 3.8) is 0 Å². The van der Waals surface area contributed by atoms with Gasteiger partial charge in [0.2, 0.25) is 0 Å². The molecule has 1 aliphatic rings. The summed E-state index contributed by atoms with van der Waals surface area (Å²) < 4.78 is 0. The first-order chi connectivity index (χ1) is 4.34. The molecular formula is C7H10ClN. The number of nitriles is 1. The van der Waals surface area contributed by atoms with Gasteiger partial charge in [-0.2, -0.15) is 5.26 Å². The first-order valence-corrected chi connectivity index (χ1v) is 3.79. The molecule has 0 aliphatic heterocycles. The molecule has 0 aromatic rings. The molecule has 1 unspecified atom stereocenters. The maximum atomic E-state index is 8.21. The predicted molar refractivity (Wildman–Crippen MR) is 37.2 cm³/mol. The van der Waals surface area contributed by atoms with Crippen LogP contribution in [0.3, 0.4) is 0 Å². The van der Waals surface area contributed by atoms with Crippen LogP contribution in [0.15, 0.2) is 0 Å². The summed E-state index contributed by atoms with van der Waals surface area (Å²) in [5.41, 5.74) is 0. The van der Waals surface area contributed by atoms with E-state index >= 15 is 0 Å². The van der Waals surface area contributed by atoms with E-state index in [1.807, 2.05) is 0 Å². The molecule has 1 saturated carbocycles. The summed E-state index contributed by atoms with van der Waals surface area (Å²) in [6, 6.07) is 2.10. The topological polar surface area (TPSA) is 23.8 Å². The van der Waals surface area contributed by atoms with Crippen LogP contribution in [-0.2, 0) is 0 Å². The average Bonchev–Trinajstić information content (AvgIpc) is 2.63. The van der Waals surface area contributed by atoms with E-state index in [0.29, 0.717) is 6.42 Å². The van der Waals surface area contributed by atoms with Gasteiger partial charge in [-0.15, -0.1) is 11.6 Å². The summed E-state index contributed by atoms with van der Waals surface area (Å²) in [6.07, 6.45) is 4.05. The predicted octanol–water partition coefficient (Wildman–Crippen LogP) is 2.31. The first-order valence-electron chi connectivity index (χ1n) is 3.35. The van der Waals surface area contributed by atoms with Crippen molar-refractivity contribution in [2.45, 2.75) is 31.1 Å². The zero-order valence-corrected chi connectivity index (χ0v) is 6.06. The van der Waals surface area contributed by atoms with Crippen molar-refractivity contribution in [1.82, 2.24) is 0 Å². The van der Waals surface area contributed by atoms with Crippen molar-refractivity contribution in [3.8, 4) is 6.07 Å². The van der Waals surface area contributed by atoms with Crippen LogP contribution >= 0.6 is 11.6 Å². The van der Waals surface area contributed by atoms with Crippen molar-refractivity contribution in [2.75, 3.05) is 0 Å². The van der Waals surface area contributed by atoms with Crippen molar-refractivity contribution in [1.29, 1.82) is 5.26 Å². The minimum Gasteiger partial charge on any atom is -0.198 e. The molecule has 1 rings (SSSR count). The third-order valence-corrected chi connectivity index (χ3v) is 2.24. The molecule has 0 aromatic heterocycles. The lowest BCUT2D eigenvalue weighted by molar-refractivity contribution is 0.689. The highest BCUT2D eigenvalue weighted by atomic mass is 35.5. The van der Waals surface area contributed by atoms with Crippen LogP contribution in [0.1, 0.15) is 25.7 Å². The molecule has 1 atom stereocenters. The Bertz CT molecular complexity index is 123. The van der Waals surface area contributed by atoms with Crippen LogP contribution < -0.4 is 0 Å². The van der Waals surface area contributed by atoms with Gasteiger partial charge in [-0.3, -0.25) is 0 Å². The van der Waals surface area contributed by atoms with Crippen LogP contribution in [0.25, 0.3) is 0 Å². The van der Waals surface area contributed by atoms with Gasteiger partial charge in [0.1, 0.15) is 0 Å². The van der Waals surface area contributed by atoms with Crippen LogP contribution in [0, 0.1) is 17.2 Å². The van der Waals surface area contributed by atoms with Crippen molar-refractivity contribution >= 4 is 11.6 Å². The molecule has 1 nitrogen and oxygen atoms in total. The minimum absolute atomic E-state index is 0.282. The first kappa shape index (κ1) is 6.89. The molecule has 0 N–H and O–H groups in total. The van der Waals surface area contributed by atoms with Crippen LogP contribution in [0.5, 0.6) is 0 Å². The zero-order chi connectivity index (χ0) is 6.69. The Morgan fingerprint density at radius 3 is 2.78 bits per heavy atom.